The van der Waals surface area contributed by atoms with E-state index in [0.717, 1.165) is 6.54 Å². The molecule has 10 heteroatoms. The molecular weight excluding hydrogens is 542 g/mol. The quantitative estimate of drug-likeness (QED) is 0.375. The molecule has 9 nitrogen and oxygen atoms in total. The average molecular weight is 582 g/mol. The van der Waals surface area contributed by atoms with E-state index in [4.69, 9.17) is 9.47 Å². The average Bonchev–Trinajstić information content (AvgIpc) is 3.00. The second kappa shape index (κ2) is 13.4. The van der Waals surface area contributed by atoms with Crippen LogP contribution in [0.1, 0.15) is 25.0 Å². The highest BCUT2D eigenvalue weighted by atomic mass is 32.2. The molecule has 0 bridgehead atoms. The zero-order valence-corrected chi connectivity index (χ0v) is 24.8. The summed E-state index contributed by atoms with van der Waals surface area (Å²) in [5, 5.41) is 9.89. The first-order chi connectivity index (χ1) is 19.6. The molecule has 0 fully saturated rings. The van der Waals surface area contributed by atoms with Crippen LogP contribution in [0.2, 0.25) is 0 Å². The molecule has 0 aliphatic carbocycles. The van der Waals surface area contributed by atoms with Crippen molar-refractivity contribution in [1.82, 2.24) is 9.80 Å². The van der Waals surface area contributed by atoms with E-state index >= 15 is 0 Å². The van der Waals surface area contributed by atoms with Gasteiger partial charge in [-0.2, -0.15) is 0 Å². The Morgan fingerprint density at radius 2 is 1.83 bits per heavy atom. The summed E-state index contributed by atoms with van der Waals surface area (Å²) in [4.78, 5) is 17.4. The molecule has 1 aliphatic heterocycles. The second-order valence-corrected chi connectivity index (χ2v) is 12.4. The summed E-state index contributed by atoms with van der Waals surface area (Å²) in [5.74, 6) is 0.896. The van der Waals surface area contributed by atoms with E-state index in [0.29, 0.717) is 35.8 Å². The SMILES string of the molecule is COc1ccc(S(=O)(=O)Nc2ccc3c(c2)CC(=O)N([C@@H](C)CO)C[C@@H](C)[C@@H](CN(C)Cc2ccccc2)O3)cc1. The first kappa shape index (κ1) is 30.4. The number of rotatable bonds is 10. The van der Waals surface area contributed by atoms with Crippen LogP contribution in [-0.2, 0) is 27.8 Å². The monoisotopic (exact) mass is 581 g/mol. The minimum atomic E-state index is -3.88. The lowest BCUT2D eigenvalue weighted by atomic mass is 10.0. The topological polar surface area (TPSA) is 108 Å². The fraction of sp³-hybridized carbons (Fsp3) is 0.387. The first-order valence-corrected chi connectivity index (χ1v) is 15.2. The lowest BCUT2D eigenvalue weighted by Crippen LogP contribution is -2.47. The maximum Gasteiger partial charge on any atom is 0.261 e. The second-order valence-electron chi connectivity index (χ2n) is 10.7. The van der Waals surface area contributed by atoms with Gasteiger partial charge in [0.1, 0.15) is 17.6 Å². The first-order valence-electron chi connectivity index (χ1n) is 13.7. The van der Waals surface area contributed by atoms with Gasteiger partial charge in [-0.25, -0.2) is 8.42 Å². The van der Waals surface area contributed by atoms with Gasteiger partial charge >= 0.3 is 0 Å². The molecule has 2 N–H and O–H groups in total. The minimum Gasteiger partial charge on any atom is -0.497 e. The van der Waals surface area contributed by atoms with Gasteiger partial charge in [-0.15, -0.1) is 0 Å². The number of fused-ring (bicyclic) bond motifs is 1. The minimum absolute atomic E-state index is 0.0110. The van der Waals surface area contributed by atoms with Crippen LogP contribution in [0.15, 0.2) is 77.7 Å². The smallest absolute Gasteiger partial charge is 0.261 e. The Bertz CT molecular complexity index is 1420. The van der Waals surface area contributed by atoms with Crippen LogP contribution in [0.4, 0.5) is 5.69 Å². The maximum absolute atomic E-state index is 13.5. The number of nitrogens with one attached hydrogen (secondary N) is 1. The number of aliphatic hydroxyl groups is 1. The molecule has 0 unspecified atom stereocenters. The molecule has 3 aromatic rings. The van der Waals surface area contributed by atoms with Gasteiger partial charge in [-0.1, -0.05) is 37.3 Å². The number of benzene rings is 3. The van der Waals surface area contributed by atoms with Gasteiger partial charge in [0.05, 0.1) is 31.1 Å². The van der Waals surface area contributed by atoms with Crippen LogP contribution in [0, 0.1) is 5.92 Å². The van der Waals surface area contributed by atoms with Gasteiger partial charge in [0.2, 0.25) is 5.91 Å². The molecule has 1 amide bonds. The van der Waals surface area contributed by atoms with Crippen LogP contribution in [0.5, 0.6) is 11.5 Å². The molecule has 0 saturated heterocycles. The molecule has 4 rings (SSSR count). The molecule has 41 heavy (non-hydrogen) atoms. The highest BCUT2D eigenvalue weighted by Gasteiger charge is 2.31. The predicted molar refractivity (Wildman–Crippen MR) is 159 cm³/mol. The summed E-state index contributed by atoms with van der Waals surface area (Å²) in [7, 11) is -0.328. The summed E-state index contributed by atoms with van der Waals surface area (Å²) in [5.41, 5.74) is 2.08. The van der Waals surface area contributed by atoms with Crippen LogP contribution >= 0.6 is 0 Å². The third-order valence-corrected chi connectivity index (χ3v) is 8.72. The van der Waals surface area contributed by atoms with E-state index in [2.05, 4.69) is 21.8 Å². The molecule has 3 aromatic carbocycles. The van der Waals surface area contributed by atoms with E-state index < -0.39 is 10.0 Å². The molecule has 0 aromatic heterocycles. The van der Waals surface area contributed by atoms with Crippen molar-refractivity contribution in [2.75, 3.05) is 38.6 Å². The number of nitrogens with zero attached hydrogens (tertiary/aromatic N) is 2. The summed E-state index contributed by atoms with van der Waals surface area (Å²) in [6.07, 6.45) is -0.250. The van der Waals surface area contributed by atoms with Gasteiger partial charge < -0.3 is 19.5 Å². The number of amides is 1. The van der Waals surface area contributed by atoms with Crippen molar-refractivity contribution in [2.45, 2.75) is 43.9 Å². The zero-order chi connectivity index (χ0) is 29.6. The third-order valence-electron chi connectivity index (χ3n) is 7.33. The normalized spacial score (nSPS) is 18.5. The van der Waals surface area contributed by atoms with Crippen molar-refractivity contribution in [2.24, 2.45) is 5.92 Å². The number of sulfonamides is 1. The van der Waals surface area contributed by atoms with Crippen LogP contribution in [0.25, 0.3) is 0 Å². The van der Waals surface area contributed by atoms with Crippen molar-refractivity contribution in [3.8, 4) is 11.5 Å². The standard InChI is InChI=1S/C31H39N3O6S/c1-22-18-34(23(2)21-35)31(36)17-25-16-26(32-41(37,38)28-13-11-27(39-4)12-14-28)10-15-29(25)40-30(22)20-33(3)19-24-8-6-5-7-9-24/h5-16,22-23,30,32,35H,17-21H2,1-4H3/t22-,23+,30-/m1/s1. The number of hydrogen-bond acceptors (Lipinski definition) is 7. The number of aliphatic hydroxyl groups excluding tert-OH is 1. The van der Waals surface area contributed by atoms with E-state index in [-0.39, 0.29) is 41.9 Å². The molecule has 220 valence electrons. The van der Waals surface area contributed by atoms with Gasteiger partial charge in [0.15, 0.2) is 0 Å². The number of ether oxygens (including phenoxy) is 2. The van der Waals surface area contributed by atoms with Gasteiger partial charge in [-0.05, 0) is 62.0 Å². The van der Waals surface area contributed by atoms with Gasteiger partial charge in [0, 0.05) is 36.8 Å². The van der Waals surface area contributed by atoms with Gasteiger partial charge in [0.25, 0.3) is 10.0 Å². The lowest BCUT2D eigenvalue weighted by Gasteiger charge is -2.34. The van der Waals surface area contributed by atoms with Crippen molar-refractivity contribution >= 4 is 21.6 Å². The van der Waals surface area contributed by atoms with E-state index in [9.17, 15) is 18.3 Å². The molecule has 0 spiro atoms. The van der Waals surface area contributed by atoms with Crippen molar-refractivity contribution < 1.29 is 27.8 Å². The third kappa shape index (κ3) is 7.78. The van der Waals surface area contributed by atoms with Crippen LogP contribution in [-0.4, -0.2) is 75.2 Å². The number of carbonyl (C=O) groups excluding carboxylic acids is 1. The van der Waals surface area contributed by atoms with Gasteiger partial charge in [-0.3, -0.25) is 14.4 Å². The Labute approximate surface area is 242 Å². The fourth-order valence-corrected chi connectivity index (χ4v) is 6.00. The number of likely N-dealkylation sites (N-methyl/N-ethyl adjacent to an activating group) is 1. The Morgan fingerprint density at radius 3 is 2.49 bits per heavy atom. The molecular formula is C31H39N3O6S. The summed E-state index contributed by atoms with van der Waals surface area (Å²) in [6.45, 7) is 5.48. The van der Waals surface area contributed by atoms with E-state index in [1.54, 1.807) is 35.2 Å². The highest BCUT2D eigenvalue weighted by molar-refractivity contribution is 7.92. The van der Waals surface area contributed by atoms with Crippen molar-refractivity contribution in [3.63, 3.8) is 0 Å². The Balaban J connectivity index is 1.62. The van der Waals surface area contributed by atoms with E-state index in [1.807, 2.05) is 39.1 Å². The molecule has 1 heterocycles. The molecule has 0 radical (unpaired) electrons. The Kier molecular flexibility index (Phi) is 9.90. The number of hydrogen-bond donors (Lipinski definition) is 2. The number of anilines is 1. The van der Waals surface area contributed by atoms with Crippen LogP contribution < -0.4 is 14.2 Å². The molecule has 3 atom stereocenters. The van der Waals surface area contributed by atoms with Crippen molar-refractivity contribution in [1.29, 1.82) is 0 Å². The summed E-state index contributed by atoms with van der Waals surface area (Å²) in [6, 6.07) is 20.9. The molecule has 1 aliphatic rings. The predicted octanol–water partition coefficient (Wildman–Crippen LogP) is 3.78. The zero-order valence-electron chi connectivity index (χ0n) is 24.0. The maximum atomic E-state index is 13.5. The Morgan fingerprint density at radius 1 is 1.12 bits per heavy atom. The van der Waals surface area contributed by atoms with Crippen molar-refractivity contribution in [3.05, 3.63) is 83.9 Å². The number of methoxy groups -OCH3 is 1. The fourth-order valence-electron chi connectivity index (χ4n) is 4.95. The van der Waals surface area contributed by atoms with E-state index in [1.165, 1.54) is 24.8 Å². The Hall–Kier alpha value is -3.60. The van der Waals surface area contributed by atoms with Crippen LogP contribution in [0.3, 0.4) is 0 Å². The highest BCUT2D eigenvalue weighted by Crippen LogP contribution is 2.30. The summed E-state index contributed by atoms with van der Waals surface area (Å²) >= 11 is 0. The lowest BCUT2D eigenvalue weighted by molar-refractivity contribution is -0.134. The largest absolute Gasteiger partial charge is 0.497 e. The number of carbonyl (C=O) groups is 1. The summed E-state index contributed by atoms with van der Waals surface area (Å²) < 4.78 is 40.4. The molecule has 0 saturated carbocycles.